The molecule has 3 rings (SSSR count). The van der Waals surface area contributed by atoms with Gasteiger partial charge in [0, 0.05) is 37.0 Å². The lowest BCUT2D eigenvalue weighted by Gasteiger charge is -2.33. The van der Waals surface area contributed by atoms with Gasteiger partial charge in [-0.25, -0.2) is 4.39 Å². The van der Waals surface area contributed by atoms with Crippen LogP contribution in [0.15, 0.2) is 29.7 Å². The number of carbonyl (C=O) groups excluding carboxylic acids is 1. The molecule has 1 aromatic rings. The molecule has 0 radical (unpaired) electrons. The highest BCUT2D eigenvalue weighted by Gasteiger charge is 2.27. The molecule has 2 N–H and O–H groups in total. The van der Waals surface area contributed by atoms with Crippen LogP contribution in [0.25, 0.3) is 0 Å². The Morgan fingerprint density at radius 1 is 1.52 bits per heavy atom. The molecule has 2 heterocycles. The Bertz CT molecular complexity index is 650. The summed E-state index contributed by atoms with van der Waals surface area (Å²) in [5.74, 6) is -0.0605. The van der Waals surface area contributed by atoms with E-state index in [2.05, 4.69) is 15.5 Å². The van der Waals surface area contributed by atoms with Crippen molar-refractivity contribution in [1.82, 2.24) is 20.4 Å². The number of nitrogens with one attached hydrogen (secondary N) is 2. The molecule has 124 valence electrons. The number of halogens is 2. The summed E-state index contributed by atoms with van der Waals surface area (Å²) in [6.07, 6.45) is 6.59. The number of nitrogens with zero attached hydrogens (tertiary/aromatic N) is 2. The van der Waals surface area contributed by atoms with Crippen molar-refractivity contribution >= 4 is 17.5 Å². The van der Waals surface area contributed by atoms with Crippen molar-refractivity contribution in [1.29, 1.82) is 0 Å². The summed E-state index contributed by atoms with van der Waals surface area (Å²) in [6.45, 7) is 2.80. The number of aromatic nitrogens is 2. The number of amides is 1. The molecule has 1 fully saturated rings. The van der Waals surface area contributed by atoms with Gasteiger partial charge in [-0.3, -0.25) is 9.89 Å². The predicted octanol–water partition coefficient (Wildman–Crippen LogP) is 3.03. The van der Waals surface area contributed by atoms with Crippen molar-refractivity contribution in [2.24, 2.45) is 5.92 Å². The largest absolute Gasteiger partial charge is 0.383 e. The topological polar surface area (TPSA) is 61.0 Å². The van der Waals surface area contributed by atoms with Crippen LogP contribution >= 0.6 is 11.6 Å². The van der Waals surface area contributed by atoms with E-state index in [0.717, 1.165) is 12.8 Å². The summed E-state index contributed by atoms with van der Waals surface area (Å²) in [6, 6.07) is 1.55. The van der Waals surface area contributed by atoms with Crippen LogP contribution in [-0.4, -0.2) is 40.1 Å². The lowest BCUT2D eigenvalue weighted by Crippen LogP contribution is -2.39. The molecule has 1 atom stereocenters. The van der Waals surface area contributed by atoms with Gasteiger partial charge in [-0.05, 0) is 25.7 Å². The molecule has 0 bridgehead atoms. The zero-order valence-electron chi connectivity index (χ0n) is 13.0. The molecule has 1 aliphatic heterocycles. The molecule has 0 aromatic carbocycles. The number of carbonyl (C=O) groups is 1. The Morgan fingerprint density at radius 2 is 2.30 bits per heavy atom. The van der Waals surface area contributed by atoms with Crippen molar-refractivity contribution < 1.29 is 9.18 Å². The van der Waals surface area contributed by atoms with Gasteiger partial charge in [0.25, 0.3) is 5.91 Å². The predicted molar refractivity (Wildman–Crippen MR) is 86.7 cm³/mol. The van der Waals surface area contributed by atoms with Gasteiger partial charge in [-0.15, -0.1) is 0 Å². The van der Waals surface area contributed by atoms with E-state index in [1.54, 1.807) is 4.90 Å². The Kier molecular flexibility index (Phi) is 4.71. The van der Waals surface area contributed by atoms with E-state index in [-0.39, 0.29) is 30.0 Å². The molecule has 0 spiro atoms. The summed E-state index contributed by atoms with van der Waals surface area (Å²) in [5, 5.41) is 9.72. The highest BCUT2D eigenvalue weighted by molar-refractivity contribution is 6.29. The fourth-order valence-electron chi connectivity index (χ4n) is 2.84. The standard InChI is InChI=1S/C16H20ClFN4O/c1-10-5-12(13(18)7-19-10)9-22(8-11-3-2-4-11)16(23)14-6-15(17)21-20-14/h5-7,10-11,19H,2-4,8-9H2,1H3,(H,20,21). The minimum Gasteiger partial charge on any atom is -0.383 e. The normalized spacial score (nSPS) is 21.1. The zero-order valence-corrected chi connectivity index (χ0v) is 13.7. The Labute approximate surface area is 139 Å². The molecular weight excluding hydrogens is 319 g/mol. The smallest absolute Gasteiger partial charge is 0.274 e. The highest BCUT2D eigenvalue weighted by atomic mass is 35.5. The molecule has 0 saturated heterocycles. The lowest BCUT2D eigenvalue weighted by atomic mass is 9.85. The maximum Gasteiger partial charge on any atom is 0.274 e. The highest BCUT2D eigenvalue weighted by Crippen LogP contribution is 2.28. The van der Waals surface area contributed by atoms with Crippen molar-refractivity contribution in [2.45, 2.75) is 32.2 Å². The van der Waals surface area contributed by atoms with E-state index < -0.39 is 0 Å². The Balaban J connectivity index is 1.77. The molecule has 7 heteroatoms. The number of hydrogen-bond acceptors (Lipinski definition) is 3. The van der Waals surface area contributed by atoms with E-state index in [9.17, 15) is 9.18 Å². The molecule has 23 heavy (non-hydrogen) atoms. The van der Waals surface area contributed by atoms with Crippen LogP contribution in [0.2, 0.25) is 5.15 Å². The van der Waals surface area contributed by atoms with Gasteiger partial charge in [0.15, 0.2) is 5.69 Å². The van der Waals surface area contributed by atoms with Gasteiger partial charge in [-0.1, -0.05) is 24.1 Å². The number of hydrogen-bond donors (Lipinski definition) is 2. The number of aromatic amines is 1. The fourth-order valence-corrected chi connectivity index (χ4v) is 2.98. The molecule has 1 saturated carbocycles. The third-order valence-electron chi connectivity index (χ3n) is 4.35. The zero-order chi connectivity index (χ0) is 16.4. The second kappa shape index (κ2) is 6.74. The van der Waals surface area contributed by atoms with Crippen LogP contribution < -0.4 is 5.32 Å². The molecule has 1 amide bonds. The van der Waals surface area contributed by atoms with E-state index in [1.807, 2.05) is 13.0 Å². The quantitative estimate of drug-likeness (QED) is 0.867. The second-order valence-electron chi connectivity index (χ2n) is 6.22. The number of rotatable bonds is 5. The van der Waals surface area contributed by atoms with E-state index in [0.29, 0.717) is 23.2 Å². The van der Waals surface area contributed by atoms with Gasteiger partial charge < -0.3 is 10.2 Å². The first-order valence-corrected chi connectivity index (χ1v) is 8.23. The average molecular weight is 339 g/mol. The average Bonchev–Trinajstić information content (AvgIpc) is 2.91. The minimum absolute atomic E-state index is 0.0463. The molecule has 1 unspecified atom stereocenters. The van der Waals surface area contributed by atoms with Gasteiger partial charge in [-0.2, -0.15) is 5.10 Å². The monoisotopic (exact) mass is 338 g/mol. The van der Waals surface area contributed by atoms with Crippen LogP contribution in [0.4, 0.5) is 4.39 Å². The van der Waals surface area contributed by atoms with Crippen LogP contribution in [0.1, 0.15) is 36.7 Å². The third-order valence-corrected chi connectivity index (χ3v) is 4.54. The van der Waals surface area contributed by atoms with Gasteiger partial charge in [0.1, 0.15) is 11.0 Å². The van der Waals surface area contributed by atoms with Crippen LogP contribution in [0.5, 0.6) is 0 Å². The summed E-state index contributed by atoms with van der Waals surface area (Å²) >= 11 is 5.81. The Morgan fingerprint density at radius 3 is 2.91 bits per heavy atom. The summed E-state index contributed by atoms with van der Waals surface area (Å²) in [5.41, 5.74) is 0.798. The third kappa shape index (κ3) is 3.75. The molecule has 2 aliphatic rings. The first-order chi connectivity index (χ1) is 11.0. The van der Waals surface area contributed by atoms with Gasteiger partial charge >= 0.3 is 0 Å². The fraction of sp³-hybridized carbons (Fsp3) is 0.500. The van der Waals surface area contributed by atoms with Crippen molar-refractivity contribution in [3.63, 3.8) is 0 Å². The van der Waals surface area contributed by atoms with E-state index in [4.69, 9.17) is 11.6 Å². The van der Waals surface area contributed by atoms with Gasteiger partial charge in [0.2, 0.25) is 0 Å². The van der Waals surface area contributed by atoms with E-state index in [1.165, 1.54) is 18.7 Å². The molecule has 5 nitrogen and oxygen atoms in total. The van der Waals surface area contributed by atoms with Gasteiger partial charge in [0.05, 0.1) is 0 Å². The first-order valence-electron chi connectivity index (χ1n) is 7.86. The second-order valence-corrected chi connectivity index (χ2v) is 6.63. The maximum absolute atomic E-state index is 14.0. The van der Waals surface area contributed by atoms with Crippen LogP contribution in [-0.2, 0) is 0 Å². The SMILES string of the molecule is CC1C=C(CN(CC2CCC2)C(=O)c2cc(Cl)[nH]n2)C(F)=CN1. The van der Waals surface area contributed by atoms with Crippen LogP contribution in [0, 0.1) is 5.92 Å². The molecule has 1 aromatic heterocycles. The summed E-state index contributed by atoms with van der Waals surface area (Å²) in [7, 11) is 0. The van der Waals surface area contributed by atoms with Crippen molar-refractivity contribution in [2.75, 3.05) is 13.1 Å². The minimum atomic E-state index is -0.324. The molecular formula is C16H20ClFN4O. The lowest BCUT2D eigenvalue weighted by molar-refractivity contribution is 0.0707. The van der Waals surface area contributed by atoms with Crippen molar-refractivity contribution in [3.05, 3.63) is 40.6 Å². The maximum atomic E-state index is 14.0. The number of dihydropyridines is 1. The number of H-pyrrole nitrogens is 1. The summed E-state index contributed by atoms with van der Waals surface area (Å²) < 4.78 is 14.0. The van der Waals surface area contributed by atoms with Crippen LogP contribution in [0.3, 0.4) is 0 Å². The Hall–Kier alpha value is -1.82. The summed E-state index contributed by atoms with van der Waals surface area (Å²) in [4.78, 5) is 14.4. The molecule has 1 aliphatic carbocycles. The first kappa shape index (κ1) is 16.1. The van der Waals surface area contributed by atoms with Crippen molar-refractivity contribution in [3.8, 4) is 0 Å². The van der Waals surface area contributed by atoms with E-state index >= 15 is 0 Å².